The lowest BCUT2D eigenvalue weighted by atomic mass is 9.82. The average molecular weight is 301 g/mol. The van der Waals surface area contributed by atoms with Crippen LogP contribution in [-0.4, -0.2) is 34.8 Å². The first-order valence-corrected chi connectivity index (χ1v) is 7.88. The lowest BCUT2D eigenvalue weighted by Crippen LogP contribution is -2.29. The van der Waals surface area contributed by atoms with Gasteiger partial charge in [0.1, 0.15) is 0 Å². The van der Waals surface area contributed by atoms with Crippen LogP contribution < -0.4 is 0 Å². The predicted molar refractivity (Wildman–Crippen MR) is 86.3 cm³/mol. The molecule has 2 rings (SSSR count). The largest absolute Gasteiger partial charge is 0.481 e. The molecule has 1 saturated carbocycles. The molecule has 1 aromatic rings. The Labute approximate surface area is 131 Å². The van der Waals surface area contributed by atoms with E-state index in [0.29, 0.717) is 24.8 Å². The Hall–Kier alpha value is -2.10. The molecule has 0 bridgehead atoms. The Morgan fingerprint density at radius 1 is 1.23 bits per heavy atom. The number of carboxylic acids is 1. The summed E-state index contributed by atoms with van der Waals surface area (Å²) in [4.78, 5) is 25.9. The van der Waals surface area contributed by atoms with Crippen LogP contribution in [0.2, 0.25) is 0 Å². The van der Waals surface area contributed by atoms with Crippen molar-refractivity contribution in [2.24, 2.45) is 5.92 Å². The van der Waals surface area contributed by atoms with Gasteiger partial charge in [-0.3, -0.25) is 9.59 Å². The normalized spacial score (nSPS) is 20.6. The van der Waals surface area contributed by atoms with Gasteiger partial charge in [0, 0.05) is 25.1 Å². The molecule has 0 aliphatic heterocycles. The second kappa shape index (κ2) is 7.25. The maximum atomic E-state index is 12.4. The molecule has 0 aromatic heterocycles. The summed E-state index contributed by atoms with van der Waals surface area (Å²) in [6, 6.07) is 9.80. The van der Waals surface area contributed by atoms with Gasteiger partial charge in [0.05, 0.1) is 11.6 Å². The van der Waals surface area contributed by atoms with Crippen molar-refractivity contribution in [3.63, 3.8) is 0 Å². The van der Waals surface area contributed by atoms with E-state index >= 15 is 0 Å². The smallest absolute Gasteiger partial charge is 0.306 e. The second-order valence-electron chi connectivity index (χ2n) is 5.57. The number of carbonyl (C=O) groups is 2. The van der Waals surface area contributed by atoms with E-state index in [2.05, 4.69) is 18.7 Å². The SMILES string of the molecule is CCN(CC)C(=C1CC(C(=O)O)CCC1=O)c1ccccc1. The minimum absolute atomic E-state index is 0.0863. The Morgan fingerprint density at radius 2 is 1.86 bits per heavy atom. The van der Waals surface area contributed by atoms with Crippen LogP contribution in [0.5, 0.6) is 0 Å². The lowest BCUT2D eigenvalue weighted by molar-refractivity contribution is -0.142. The molecule has 1 atom stereocenters. The number of carbonyl (C=O) groups excluding carboxylic acids is 1. The molecule has 0 amide bonds. The molecule has 1 aliphatic carbocycles. The number of benzene rings is 1. The van der Waals surface area contributed by atoms with Gasteiger partial charge in [-0.1, -0.05) is 30.3 Å². The summed E-state index contributed by atoms with van der Waals surface area (Å²) >= 11 is 0. The van der Waals surface area contributed by atoms with Crippen LogP contribution in [-0.2, 0) is 9.59 Å². The van der Waals surface area contributed by atoms with Crippen molar-refractivity contribution in [1.82, 2.24) is 4.90 Å². The van der Waals surface area contributed by atoms with Crippen LogP contribution in [0.4, 0.5) is 0 Å². The standard InChI is InChI=1S/C18H23NO3/c1-3-19(4-2)17(13-8-6-5-7-9-13)15-12-14(18(21)22)10-11-16(15)20/h5-9,14H,3-4,10-12H2,1-2H3,(H,21,22). The topological polar surface area (TPSA) is 57.6 Å². The minimum atomic E-state index is -0.808. The fraction of sp³-hybridized carbons (Fsp3) is 0.444. The molecule has 0 saturated heterocycles. The molecule has 22 heavy (non-hydrogen) atoms. The van der Waals surface area contributed by atoms with Crippen molar-refractivity contribution >= 4 is 17.4 Å². The van der Waals surface area contributed by atoms with Crippen LogP contribution in [0.15, 0.2) is 35.9 Å². The number of carboxylic acid groups (broad SMARTS) is 1. The molecule has 0 heterocycles. The molecule has 1 aromatic carbocycles. The highest BCUT2D eigenvalue weighted by Crippen LogP contribution is 2.33. The summed E-state index contributed by atoms with van der Waals surface area (Å²) in [6.07, 6.45) is 1.09. The average Bonchev–Trinajstić information content (AvgIpc) is 2.54. The van der Waals surface area contributed by atoms with Crippen LogP contribution in [0.1, 0.15) is 38.7 Å². The van der Waals surface area contributed by atoms with Gasteiger partial charge in [0.2, 0.25) is 0 Å². The van der Waals surface area contributed by atoms with E-state index in [-0.39, 0.29) is 5.78 Å². The number of allylic oxidation sites excluding steroid dienone is 1. The van der Waals surface area contributed by atoms with Crippen molar-refractivity contribution in [1.29, 1.82) is 0 Å². The van der Waals surface area contributed by atoms with Crippen LogP contribution in [0.3, 0.4) is 0 Å². The quantitative estimate of drug-likeness (QED) is 0.849. The third-order valence-electron chi connectivity index (χ3n) is 4.27. The monoisotopic (exact) mass is 301 g/mol. The number of ketones is 1. The summed E-state index contributed by atoms with van der Waals surface area (Å²) in [5.74, 6) is -1.18. The summed E-state index contributed by atoms with van der Waals surface area (Å²) in [6.45, 7) is 5.68. The van der Waals surface area contributed by atoms with Crippen LogP contribution in [0, 0.1) is 5.92 Å². The fourth-order valence-corrected chi connectivity index (χ4v) is 3.04. The van der Waals surface area contributed by atoms with E-state index in [1.807, 2.05) is 30.3 Å². The third-order valence-corrected chi connectivity index (χ3v) is 4.27. The van der Waals surface area contributed by atoms with Gasteiger partial charge in [0.15, 0.2) is 5.78 Å². The number of hydrogen-bond donors (Lipinski definition) is 1. The van der Waals surface area contributed by atoms with Crippen molar-refractivity contribution in [2.45, 2.75) is 33.1 Å². The highest BCUT2D eigenvalue weighted by Gasteiger charge is 2.31. The molecule has 118 valence electrons. The van der Waals surface area contributed by atoms with Crippen molar-refractivity contribution < 1.29 is 14.7 Å². The molecular weight excluding hydrogens is 278 g/mol. The Bertz CT molecular complexity index is 573. The third kappa shape index (κ3) is 3.38. The van der Waals surface area contributed by atoms with E-state index in [4.69, 9.17) is 0 Å². The van der Waals surface area contributed by atoms with Crippen LogP contribution in [0.25, 0.3) is 5.70 Å². The maximum Gasteiger partial charge on any atom is 0.306 e. The number of nitrogens with zero attached hydrogens (tertiary/aromatic N) is 1. The molecule has 1 N–H and O–H groups in total. The number of aliphatic carboxylic acids is 1. The molecule has 4 nitrogen and oxygen atoms in total. The van der Waals surface area contributed by atoms with E-state index in [1.54, 1.807) is 0 Å². The molecule has 1 fully saturated rings. The molecule has 1 aliphatic rings. The number of Topliss-reactive ketones (excluding diaryl/α,β-unsaturated/α-hetero) is 1. The summed E-state index contributed by atoms with van der Waals surface area (Å²) in [5, 5.41) is 9.30. The number of rotatable bonds is 5. The van der Waals surface area contributed by atoms with E-state index in [0.717, 1.165) is 24.4 Å². The van der Waals surface area contributed by atoms with E-state index in [9.17, 15) is 14.7 Å². The van der Waals surface area contributed by atoms with E-state index in [1.165, 1.54) is 0 Å². The van der Waals surface area contributed by atoms with Gasteiger partial charge in [-0.2, -0.15) is 0 Å². The Morgan fingerprint density at radius 3 is 2.41 bits per heavy atom. The second-order valence-corrected chi connectivity index (χ2v) is 5.57. The first-order chi connectivity index (χ1) is 10.6. The van der Waals surface area contributed by atoms with Crippen LogP contribution >= 0.6 is 0 Å². The summed E-state index contributed by atoms with van der Waals surface area (Å²) in [5.41, 5.74) is 2.57. The molecule has 0 spiro atoms. The molecule has 0 radical (unpaired) electrons. The lowest BCUT2D eigenvalue weighted by Gasteiger charge is -2.30. The van der Waals surface area contributed by atoms with Crippen molar-refractivity contribution in [3.8, 4) is 0 Å². The summed E-state index contributed by atoms with van der Waals surface area (Å²) < 4.78 is 0. The van der Waals surface area contributed by atoms with Gasteiger partial charge < -0.3 is 10.0 Å². The molecule has 4 heteroatoms. The Balaban J connectivity index is 2.53. The summed E-state index contributed by atoms with van der Waals surface area (Å²) in [7, 11) is 0. The maximum absolute atomic E-state index is 12.4. The zero-order valence-corrected chi connectivity index (χ0v) is 13.2. The van der Waals surface area contributed by atoms with Gasteiger partial charge >= 0.3 is 5.97 Å². The number of hydrogen-bond acceptors (Lipinski definition) is 3. The van der Waals surface area contributed by atoms with Gasteiger partial charge in [-0.05, 0) is 32.3 Å². The fourth-order valence-electron chi connectivity index (χ4n) is 3.04. The van der Waals surface area contributed by atoms with Gasteiger partial charge in [-0.15, -0.1) is 0 Å². The first kappa shape index (κ1) is 16.3. The Kier molecular flexibility index (Phi) is 5.36. The highest BCUT2D eigenvalue weighted by molar-refractivity contribution is 6.03. The minimum Gasteiger partial charge on any atom is -0.481 e. The van der Waals surface area contributed by atoms with Crippen molar-refractivity contribution in [2.75, 3.05) is 13.1 Å². The zero-order valence-electron chi connectivity index (χ0n) is 13.2. The van der Waals surface area contributed by atoms with Gasteiger partial charge in [-0.25, -0.2) is 0 Å². The predicted octanol–water partition coefficient (Wildman–Crippen LogP) is 3.19. The molecular formula is C18H23NO3. The van der Waals surface area contributed by atoms with Crippen molar-refractivity contribution in [3.05, 3.63) is 41.5 Å². The zero-order chi connectivity index (χ0) is 16.1. The molecule has 1 unspecified atom stereocenters. The highest BCUT2D eigenvalue weighted by atomic mass is 16.4. The van der Waals surface area contributed by atoms with E-state index < -0.39 is 11.9 Å². The first-order valence-electron chi connectivity index (χ1n) is 7.88. The van der Waals surface area contributed by atoms with Gasteiger partial charge in [0.25, 0.3) is 0 Å².